The van der Waals surface area contributed by atoms with Crippen LogP contribution < -0.4 is 14.8 Å². The molecule has 0 saturated heterocycles. The van der Waals surface area contributed by atoms with Crippen LogP contribution >= 0.6 is 0 Å². The summed E-state index contributed by atoms with van der Waals surface area (Å²) in [5.41, 5.74) is -0.218. The molecule has 0 fully saturated rings. The Labute approximate surface area is 153 Å². The Bertz CT molecular complexity index is 889. The van der Waals surface area contributed by atoms with E-state index >= 15 is 0 Å². The number of benzene rings is 1. The number of aromatic nitrogens is 1. The van der Waals surface area contributed by atoms with Gasteiger partial charge in [-0.2, -0.15) is 0 Å². The van der Waals surface area contributed by atoms with Crippen molar-refractivity contribution in [2.24, 2.45) is 0 Å². The number of hydrogen-bond donors (Lipinski definition) is 2. The van der Waals surface area contributed by atoms with E-state index in [2.05, 4.69) is 15.0 Å². The van der Waals surface area contributed by atoms with Gasteiger partial charge in [-0.15, -0.1) is 0 Å². The van der Waals surface area contributed by atoms with Gasteiger partial charge in [-0.05, 0) is 39.8 Å². The van der Waals surface area contributed by atoms with Gasteiger partial charge in [0.05, 0.1) is 18.4 Å². The summed E-state index contributed by atoms with van der Waals surface area (Å²) in [6.45, 7) is 7.65. The molecule has 0 aliphatic rings. The largest absolute Gasteiger partial charge is 0.492 e. The monoisotopic (exact) mass is 377 g/mol. The van der Waals surface area contributed by atoms with Crippen LogP contribution in [-0.2, 0) is 10.0 Å². The van der Waals surface area contributed by atoms with Crippen molar-refractivity contribution in [1.29, 1.82) is 0 Å². The van der Waals surface area contributed by atoms with Crippen LogP contribution in [0.2, 0.25) is 0 Å². The summed E-state index contributed by atoms with van der Waals surface area (Å²) in [5.74, 6) is -0.0996. The molecule has 0 bridgehead atoms. The molecule has 8 heteroatoms. The molecule has 0 radical (unpaired) electrons. The van der Waals surface area contributed by atoms with Crippen molar-refractivity contribution in [2.75, 3.05) is 11.3 Å². The lowest BCUT2D eigenvalue weighted by molar-refractivity contribution is 0.0916. The summed E-state index contributed by atoms with van der Waals surface area (Å²) in [7, 11) is -4.02. The van der Waals surface area contributed by atoms with E-state index in [0.29, 0.717) is 12.4 Å². The molecule has 26 heavy (non-hydrogen) atoms. The van der Waals surface area contributed by atoms with E-state index in [9.17, 15) is 13.2 Å². The van der Waals surface area contributed by atoms with Crippen LogP contribution in [0.15, 0.2) is 47.6 Å². The van der Waals surface area contributed by atoms with E-state index in [-0.39, 0.29) is 16.1 Å². The number of nitrogens with zero attached hydrogens (tertiary/aromatic N) is 1. The molecule has 0 saturated carbocycles. The molecule has 1 amide bonds. The summed E-state index contributed by atoms with van der Waals surface area (Å²) in [6, 6.07) is 7.61. The van der Waals surface area contributed by atoms with Crippen LogP contribution in [-0.4, -0.2) is 31.5 Å². The lowest BCUT2D eigenvalue weighted by Crippen LogP contribution is -2.41. The van der Waals surface area contributed by atoms with Gasteiger partial charge in [0.15, 0.2) is 0 Å². The van der Waals surface area contributed by atoms with E-state index < -0.39 is 21.5 Å². The maximum Gasteiger partial charge on any atom is 0.262 e. The zero-order chi connectivity index (χ0) is 19.4. The average molecular weight is 377 g/mol. The zero-order valence-electron chi connectivity index (χ0n) is 15.2. The first-order valence-corrected chi connectivity index (χ1v) is 9.63. The maximum absolute atomic E-state index is 12.9. The minimum absolute atomic E-state index is 0.0665. The molecular formula is C18H23N3O4S. The van der Waals surface area contributed by atoms with E-state index in [0.717, 1.165) is 0 Å². The summed E-state index contributed by atoms with van der Waals surface area (Å²) >= 11 is 0. The van der Waals surface area contributed by atoms with Gasteiger partial charge in [-0.25, -0.2) is 8.42 Å². The van der Waals surface area contributed by atoms with Crippen molar-refractivity contribution in [2.45, 2.75) is 38.1 Å². The first-order chi connectivity index (χ1) is 12.1. The van der Waals surface area contributed by atoms with Crippen molar-refractivity contribution in [3.63, 3.8) is 0 Å². The number of rotatable bonds is 6. The number of anilines is 1. The van der Waals surface area contributed by atoms with Gasteiger partial charge < -0.3 is 10.1 Å². The molecule has 1 aromatic carbocycles. The lowest BCUT2D eigenvalue weighted by atomic mass is 10.1. The van der Waals surface area contributed by atoms with Crippen molar-refractivity contribution < 1.29 is 17.9 Å². The molecule has 2 aromatic rings. The van der Waals surface area contributed by atoms with Gasteiger partial charge in [0.2, 0.25) is 0 Å². The van der Waals surface area contributed by atoms with Gasteiger partial charge in [0, 0.05) is 17.8 Å². The third-order valence-electron chi connectivity index (χ3n) is 3.23. The summed E-state index contributed by atoms with van der Waals surface area (Å²) in [6.07, 6.45) is 2.87. The Morgan fingerprint density at radius 3 is 2.54 bits per heavy atom. The van der Waals surface area contributed by atoms with Gasteiger partial charge >= 0.3 is 0 Å². The molecule has 1 heterocycles. The quantitative estimate of drug-likeness (QED) is 0.807. The molecular weight excluding hydrogens is 354 g/mol. The standard InChI is InChI=1S/C18H23N3O4S/c1-5-25-15-10-11-19-12-14(15)21-26(23,24)16-9-7-6-8-13(16)17(22)20-18(2,3)4/h6-12,21H,5H2,1-4H3,(H,20,22). The second-order valence-corrected chi connectivity index (χ2v) is 8.26. The molecule has 0 atom stereocenters. The highest BCUT2D eigenvalue weighted by atomic mass is 32.2. The van der Waals surface area contributed by atoms with Crippen LogP contribution in [0.25, 0.3) is 0 Å². The third kappa shape index (κ3) is 4.95. The van der Waals surface area contributed by atoms with Crippen LogP contribution in [0.5, 0.6) is 5.75 Å². The molecule has 0 unspecified atom stereocenters. The van der Waals surface area contributed by atoms with Crippen molar-refractivity contribution in [3.8, 4) is 5.75 Å². The van der Waals surface area contributed by atoms with Gasteiger partial charge in [-0.3, -0.25) is 14.5 Å². The Morgan fingerprint density at radius 1 is 1.19 bits per heavy atom. The van der Waals surface area contributed by atoms with Crippen molar-refractivity contribution >= 4 is 21.6 Å². The molecule has 140 valence electrons. The van der Waals surface area contributed by atoms with Crippen molar-refractivity contribution in [3.05, 3.63) is 48.3 Å². The molecule has 2 N–H and O–H groups in total. The van der Waals surface area contributed by atoms with Crippen LogP contribution in [0.1, 0.15) is 38.1 Å². The number of sulfonamides is 1. The van der Waals surface area contributed by atoms with Crippen LogP contribution in [0.3, 0.4) is 0 Å². The van der Waals surface area contributed by atoms with Gasteiger partial charge in [0.25, 0.3) is 15.9 Å². The first-order valence-electron chi connectivity index (χ1n) is 8.15. The Balaban J connectivity index is 2.40. The van der Waals surface area contributed by atoms with E-state index in [1.807, 2.05) is 20.8 Å². The smallest absolute Gasteiger partial charge is 0.262 e. The maximum atomic E-state index is 12.9. The van der Waals surface area contributed by atoms with Gasteiger partial charge in [-0.1, -0.05) is 12.1 Å². The minimum atomic E-state index is -4.02. The molecule has 1 aromatic heterocycles. The molecule has 7 nitrogen and oxygen atoms in total. The number of carbonyl (C=O) groups excluding carboxylic acids is 1. The molecule has 0 aliphatic carbocycles. The first kappa shape index (κ1) is 19.7. The Morgan fingerprint density at radius 2 is 1.88 bits per heavy atom. The van der Waals surface area contributed by atoms with Crippen LogP contribution in [0, 0.1) is 0 Å². The number of amides is 1. The fraction of sp³-hybridized carbons (Fsp3) is 0.333. The summed E-state index contributed by atoms with van der Waals surface area (Å²) < 4.78 is 33.6. The fourth-order valence-corrected chi connectivity index (χ4v) is 3.50. The topological polar surface area (TPSA) is 97.4 Å². The third-order valence-corrected chi connectivity index (χ3v) is 4.66. The van der Waals surface area contributed by atoms with Crippen molar-refractivity contribution in [1.82, 2.24) is 10.3 Å². The number of nitrogens with one attached hydrogen (secondary N) is 2. The number of carbonyl (C=O) groups is 1. The highest BCUT2D eigenvalue weighted by Gasteiger charge is 2.25. The zero-order valence-corrected chi connectivity index (χ0v) is 16.1. The molecule has 2 rings (SSSR count). The Kier molecular flexibility index (Phi) is 5.86. The molecule has 0 spiro atoms. The number of hydrogen-bond acceptors (Lipinski definition) is 5. The highest BCUT2D eigenvalue weighted by molar-refractivity contribution is 7.92. The van der Waals surface area contributed by atoms with E-state index in [4.69, 9.17) is 4.74 Å². The second-order valence-electron chi connectivity index (χ2n) is 6.61. The number of ether oxygens (including phenoxy) is 1. The normalized spacial score (nSPS) is 11.7. The van der Waals surface area contributed by atoms with Crippen LogP contribution in [0.4, 0.5) is 5.69 Å². The predicted octanol–water partition coefficient (Wildman–Crippen LogP) is 2.81. The fourth-order valence-electron chi connectivity index (χ4n) is 2.24. The lowest BCUT2D eigenvalue weighted by Gasteiger charge is -2.21. The minimum Gasteiger partial charge on any atom is -0.492 e. The van der Waals surface area contributed by atoms with Gasteiger partial charge in [0.1, 0.15) is 16.3 Å². The highest BCUT2D eigenvalue weighted by Crippen LogP contribution is 2.27. The number of pyridine rings is 1. The summed E-state index contributed by atoms with van der Waals surface area (Å²) in [5, 5.41) is 2.78. The van der Waals surface area contributed by atoms with E-state index in [1.54, 1.807) is 25.1 Å². The predicted molar refractivity (Wildman–Crippen MR) is 99.9 cm³/mol. The molecule has 0 aliphatic heterocycles. The SMILES string of the molecule is CCOc1ccncc1NS(=O)(=O)c1ccccc1C(=O)NC(C)(C)C. The van der Waals surface area contributed by atoms with E-state index in [1.165, 1.54) is 24.5 Å². The Hall–Kier alpha value is -2.61. The average Bonchev–Trinajstić information content (AvgIpc) is 2.55. The summed E-state index contributed by atoms with van der Waals surface area (Å²) in [4.78, 5) is 16.3. The second kappa shape index (κ2) is 7.74.